The van der Waals surface area contributed by atoms with Crippen LogP contribution in [-0.4, -0.2) is 303 Å². The van der Waals surface area contributed by atoms with Crippen molar-refractivity contribution in [2.75, 3.05) is 30.6 Å². The molecule has 17 amide bonds. The van der Waals surface area contributed by atoms with E-state index in [1.165, 1.54) is 74.0 Å². The zero-order valence-electron chi connectivity index (χ0n) is 76.9. The molecule has 2 aromatic heterocycles. The molecule has 33 N–H and O–H groups in total. The first-order chi connectivity index (χ1) is 65.6. The van der Waals surface area contributed by atoms with Crippen LogP contribution in [0.5, 0.6) is 5.75 Å². The number of carbonyl (C=O) groups is 21. The highest BCUT2D eigenvalue weighted by Gasteiger charge is 2.42. The number of benzene rings is 3. The first kappa shape index (κ1) is 115. The van der Waals surface area contributed by atoms with E-state index < -0.39 is 310 Å². The largest absolute Gasteiger partial charge is 0.508 e. The number of aliphatic carboxylic acids is 4. The number of amides is 17. The smallest absolute Gasteiger partial charge is 0.305 e. The Hall–Kier alpha value is -14.7. The minimum Gasteiger partial charge on any atom is -0.508 e. The second kappa shape index (κ2) is 57.4. The average Bonchev–Trinajstić information content (AvgIpc) is 1.70. The van der Waals surface area contributed by atoms with Crippen LogP contribution in [0.3, 0.4) is 0 Å². The minimum absolute atomic E-state index is 0.00717. The van der Waals surface area contributed by atoms with Crippen LogP contribution in [0.25, 0.3) is 21.8 Å². The third kappa shape index (κ3) is 39.1. The summed E-state index contributed by atoms with van der Waals surface area (Å²) in [6, 6.07) is -7.50. The van der Waals surface area contributed by atoms with Crippen molar-refractivity contribution >= 4 is 176 Å². The van der Waals surface area contributed by atoms with E-state index in [1.807, 2.05) is 0 Å². The molecule has 0 aliphatic heterocycles. The van der Waals surface area contributed by atoms with Crippen LogP contribution in [0.2, 0.25) is 0 Å². The van der Waals surface area contributed by atoms with Crippen LogP contribution in [0.4, 0.5) is 0 Å². The lowest BCUT2D eigenvalue weighted by atomic mass is 9.96. The average molecular weight is 1990 g/mol. The zero-order valence-corrected chi connectivity index (χ0v) is 78.5. The van der Waals surface area contributed by atoms with Gasteiger partial charge in [-0.2, -0.15) is 23.5 Å². The van der Waals surface area contributed by atoms with Crippen LogP contribution in [0.1, 0.15) is 134 Å². The molecule has 0 radical (unpaired) electrons. The van der Waals surface area contributed by atoms with Gasteiger partial charge in [-0.15, -0.1) is 0 Å². The molecule has 52 heteroatoms. The molecule has 0 aliphatic carbocycles. The first-order valence-electron chi connectivity index (χ1n) is 43.9. The molecule has 50 nitrogen and oxygen atoms in total. The second-order valence-electron chi connectivity index (χ2n) is 32.7. The van der Waals surface area contributed by atoms with E-state index in [0.717, 1.165) is 13.8 Å². The van der Waals surface area contributed by atoms with Crippen LogP contribution < -0.4 is 103 Å². The van der Waals surface area contributed by atoms with E-state index in [1.54, 1.807) is 61.0 Å². The van der Waals surface area contributed by atoms with Gasteiger partial charge in [0.1, 0.15) is 90.3 Å². The number of aromatic amines is 2. The monoisotopic (exact) mass is 1990 g/mol. The Labute approximate surface area is 804 Å². The van der Waals surface area contributed by atoms with Crippen molar-refractivity contribution in [2.24, 2.45) is 28.9 Å². The molecule has 0 aliphatic rings. The van der Waals surface area contributed by atoms with E-state index in [2.05, 4.69) is 89.7 Å². The number of guanidine groups is 1. The lowest BCUT2D eigenvalue weighted by Gasteiger charge is -2.29. The molecule has 760 valence electrons. The molecule has 0 fully saturated rings. The topological polar surface area (TPSA) is 840 Å². The van der Waals surface area contributed by atoms with Gasteiger partial charge in [-0.1, -0.05) is 68.8 Å². The number of aliphatic hydroxyl groups excluding tert-OH is 2. The standard InChI is InChI=1S/C87H122N22O28S2/c1-7-41(2)70(85(136)106-61(37-64(89)114)82(133)103-60(36-63(88)113)81(132)101-57(33-44-18-20-47(112)21-19-44)84(135)108-71(42(3)110)73(90)124)107-77(128)54(23-26-67(118)119)99-74(125)52(17-12-30-93-87(91)92)97-83(134)62(38-69(122)123)104-80(131)58(34-45-39-94-50-15-10-8-13-48(45)50)102-75(126)53(22-25-66(116)117)98-76(127)56(29-32-139-6)100-79(130)59(35-46-40-95-51-16-11-9-14-49(46)51)105-86(137)72(43(4)111)109-78(129)55(28-31-138-5)96-65(115)24-27-68(120)121/h8-11,13-16,18-21,39-43,52-62,70-72,94-95,110-112H,7,12,17,22-38H2,1-6H3,(H2,88,113)(H2,89,114)(H2,90,124)(H,96,115)(H,97,134)(H,98,127)(H,99,125)(H,100,130)(H,101,132)(H,102,126)(H,103,133)(H,104,131)(H,105,137)(H,106,136)(H,107,128)(H,108,135)(H,109,129)(H,116,117)(H,118,119)(H,120,121)(H,122,123)(H4,91,92,93)/t41-,42+,43+,52-,53-,54-,55-,56-,57-,58-,59-,60-,61-,62-,70-,71-,72-/m0/s1. The summed E-state index contributed by atoms with van der Waals surface area (Å²) in [6.45, 7) is 4.98. The zero-order chi connectivity index (χ0) is 104. The third-order valence-electron chi connectivity index (χ3n) is 21.8. The van der Waals surface area contributed by atoms with Gasteiger partial charge in [0.2, 0.25) is 100 Å². The second-order valence-corrected chi connectivity index (χ2v) is 34.7. The van der Waals surface area contributed by atoms with Gasteiger partial charge >= 0.3 is 23.9 Å². The molecule has 0 saturated heterocycles. The fourth-order valence-electron chi connectivity index (χ4n) is 14.1. The number of aromatic nitrogens is 2. The number of carbonyl (C=O) groups excluding carboxylic acids is 17. The fraction of sp³-hybridized carbons (Fsp3) is 0.494. The molecule has 139 heavy (non-hydrogen) atoms. The van der Waals surface area contributed by atoms with Gasteiger partial charge in [0.15, 0.2) is 5.96 Å². The molecule has 0 bridgehead atoms. The molecule has 5 aromatic rings. The number of rotatable bonds is 63. The van der Waals surface area contributed by atoms with Gasteiger partial charge < -0.3 is 148 Å². The number of H-pyrrole nitrogens is 2. The van der Waals surface area contributed by atoms with Crippen LogP contribution in [-0.2, 0) is 120 Å². The quantitative estimate of drug-likeness (QED) is 0.00979. The maximum absolute atomic E-state index is 15.2. The Morgan fingerprint density at radius 1 is 0.374 bits per heavy atom. The summed E-state index contributed by atoms with van der Waals surface area (Å²) in [7, 11) is 0. The number of para-hydroxylation sites is 2. The van der Waals surface area contributed by atoms with Gasteiger partial charge in [-0.3, -0.25) is 106 Å². The maximum atomic E-state index is 15.2. The number of primary amides is 3. The predicted molar refractivity (Wildman–Crippen MR) is 500 cm³/mol. The number of nitrogens with one attached hydrogen (secondary N) is 18. The van der Waals surface area contributed by atoms with E-state index in [4.69, 9.17) is 28.3 Å². The Kier molecular flexibility index (Phi) is 47.4. The SMILES string of the molecule is CC[C@H](C)[C@H](NC(=O)[C@H](CCC(=O)O)NC(=O)[C@H](CCCNC(=N)N)NC(=O)[C@H](CC(=O)O)NC(=O)[C@H](Cc1c[nH]c2ccccc12)NC(=O)[C@H](CCC(=O)O)NC(=O)[C@H](CCSC)NC(=O)[C@H](Cc1c[nH]c2ccccc12)NC(=O)[C@@H](NC(=O)[C@H](CCSC)NC(=O)CCC(=O)O)[C@@H](C)O)C(=O)N[C@@H](CC(N)=O)C(=O)N[C@@H](CC(N)=O)C(=O)N[C@@H](Cc1ccc(O)cc1)C(=O)N[C@H](C(N)=O)[C@@H](C)O. The van der Waals surface area contributed by atoms with E-state index >= 15 is 9.59 Å². The highest BCUT2D eigenvalue weighted by atomic mass is 32.2. The van der Waals surface area contributed by atoms with Crippen molar-refractivity contribution in [1.29, 1.82) is 5.41 Å². The summed E-state index contributed by atoms with van der Waals surface area (Å²) >= 11 is 2.49. The summed E-state index contributed by atoms with van der Waals surface area (Å²) in [5.74, 6) is -28.2. The van der Waals surface area contributed by atoms with Crippen molar-refractivity contribution in [3.05, 3.63) is 102 Å². The summed E-state index contributed by atoms with van der Waals surface area (Å²) in [5, 5.41) is 115. The Morgan fingerprint density at radius 2 is 0.712 bits per heavy atom. The van der Waals surface area contributed by atoms with Gasteiger partial charge in [0, 0.05) is 79.3 Å². The highest BCUT2D eigenvalue weighted by Crippen LogP contribution is 2.24. The molecule has 3 aromatic carbocycles. The molecular formula is C87H122N22O28S2. The fourth-order valence-corrected chi connectivity index (χ4v) is 15.1. The number of fused-ring (bicyclic) bond motifs is 2. The van der Waals surface area contributed by atoms with Crippen LogP contribution in [0.15, 0.2) is 85.2 Å². The number of thioether (sulfide) groups is 2. The molecule has 2 heterocycles. The van der Waals surface area contributed by atoms with Gasteiger partial charge in [-0.05, 0) is 123 Å². The number of nitrogens with two attached hydrogens (primary N) is 4. The summed E-state index contributed by atoms with van der Waals surface area (Å²) in [5.41, 5.74) is 24.0. The van der Waals surface area contributed by atoms with Gasteiger partial charge in [0.25, 0.3) is 0 Å². The van der Waals surface area contributed by atoms with E-state index in [0.29, 0.717) is 27.4 Å². The molecule has 17 atom stereocenters. The van der Waals surface area contributed by atoms with E-state index in [9.17, 15) is 127 Å². The lowest BCUT2D eigenvalue weighted by Crippen LogP contribution is -2.62. The van der Waals surface area contributed by atoms with Gasteiger partial charge in [-0.25, -0.2) is 0 Å². The Balaban J connectivity index is 1.48. The number of phenols is 1. The first-order valence-corrected chi connectivity index (χ1v) is 46.7. The molecule has 0 unspecified atom stereocenters. The van der Waals surface area contributed by atoms with Crippen molar-refractivity contribution in [3.63, 3.8) is 0 Å². The number of aromatic hydroxyl groups is 1. The number of carboxylic acids is 4. The third-order valence-corrected chi connectivity index (χ3v) is 23.0. The number of hydrogen-bond acceptors (Lipinski definition) is 27. The van der Waals surface area contributed by atoms with Crippen LogP contribution >= 0.6 is 23.5 Å². The van der Waals surface area contributed by atoms with Crippen molar-refractivity contribution in [3.8, 4) is 5.75 Å². The van der Waals surface area contributed by atoms with Crippen molar-refractivity contribution in [2.45, 2.75) is 234 Å². The van der Waals surface area contributed by atoms with Gasteiger partial charge in [0.05, 0.1) is 37.9 Å². The van der Waals surface area contributed by atoms with Crippen LogP contribution in [0, 0.1) is 11.3 Å². The molecule has 0 spiro atoms. The van der Waals surface area contributed by atoms with E-state index in [-0.39, 0.29) is 67.0 Å². The Bertz CT molecular complexity index is 5210. The minimum atomic E-state index is -2.25. The summed E-state index contributed by atoms with van der Waals surface area (Å²) < 4.78 is 0. The normalized spacial score (nSPS) is 14.8. The van der Waals surface area contributed by atoms with Crippen molar-refractivity contribution < 1.29 is 136 Å². The maximum Gasteiger partial charge on any atom is 0.305 e. The summed E-state index contributed by atoms with van der Waals surface area (Å²) in [6.07, 6.45) is -6.99. The number of aliphatic hydroxyl groups is 2. The van der Waals surface area contributed by atoms with Crippen molar-refractivity contribution in [1.82, 2.24) is 89.7 Å². The predicted octanol–water partition coefficient (Wildman–Crippen LogP) is -5.95. The lowest BCUT2D eigenvalue weighted by molar-refractivity contribution is -0.142. The molecule has 5 rings (SSSR count). The number of hydrogen-bond donors (Lipinski definition) is 29. The summed E-state index contributed by atoms with van der Waals surface area (Å²) in [4.78, 5) is 295. The highest BCUT2D eigenvalue weighted by molar-refractivity contribution is 7.98. The molecular weight excluding hydrogens is 1870 g/mol. The number of carboxylic acid groups (broad SMARTS) is 4. The Morgan fingerprint density at radius 3 is 1.12 bits per heavy atom. The molecule has 0 saturated carbocycles. The number of phenolic OH excluding ortho intramolecular Hbond substituents is 1.